The maximum Gasteiger partial charge on any atom is 0.258 e. The number of rotatable bonds is 7. The first-order valence-electron chi connectivity index (χ1n) is 11.8. The molecule has 2 aromatic heterocycles. The molecule has 192 valence electrons. The van der Waals surface area contributed by atoms with Crippen molar-refractivity contribution in [3.8, 4) is 11.1 Å². The van der Waals surface area contributed by atoms with Crippen molar-refractivity contribution in [1.29, 1.82) is 0 Å². The number of fused-ring (bicyclic) bond motifs is 1. The van der Waals surface area contributed by atoms with Crippen LogP contribution in [-0.2, 0) is 16.6 Å². The number of sulfonamides is 1. The fraction of sp³-hybridized carbons (Fsp3) is 0.107. The van der Waals surface area contributed by atoms with Gasteiger partial charge < -0.3 is 9.88 Å². The van der Waals surface area contributed by atoms with Crippen LogP contribution in [0, 0.1) is 6.92 Å². The molecule has 0 saturated heterocycles. The van der Waals surface area contributed by atoms with Crippen molar-refractivity contribution in [3.05, 3.63) is 112 Å². The van der Waals surface area contributed by atoms with Crippen LogP contribution in [-0.4, -0.2) is 35.3 Å². The predicted octanol–water partition coefficient (Wildman–Crippen LogP) is 4.37. The zero-order valence-corrected chi connectivity index (χ0v) is 21.5. The molecular formula is C28H25N5O4S. The van der Waals surface area contributed by atoms with Crippen LogP contribution in [0.15, 0.2) is 90.0 Å². The number of pyridine rings is 1. The Bertz CT molecular complexity index is 1820. The summed E-state index contributed by atoms with van der Waals surface area (Å²) in [6.07, 6.45) is 4.67. The number of hydrogen-bond donors (Lipinski definition) is 3. The van der Waals surface area contributed by atoms with E-state index in [0.717, 1.165) is 34.0 Å². The quantitative estimate of drug-likeness (QED) is 0.290. The summed E-state index contributed by atoms with van der Waals surface area (Å²) >= 11 is 0. The lowest BCUT2D eigenvalue weighted by atomic mass is 10.0. The number of nitrogens with one attached hydrogen (secondary N) is 3. The first-order chi connectivity index (χ1) is 18.2. The minimum Gasteiger partial charge on any atom is -0.322 e. The topological polar surface area (TPSA) is 126 Å². The summed E-state index contributed by atoms with van der Waals surface area (Å²) in [6.45, 7) is 2.24. The standard InChI is InChI=1S/C28H25N5O4S/c1-18-26(16-29-31-18)20-6-11-25-21(15-20)12-13-33(28(25)35)17-19-4-3-5-22(14-19)27(34)30-23-7-9-24(10-8-23)32-38(2,36)37/h3-16,32H,17H2,1-2H3,(H,29,31)(H,30,34). The molecule has 10 heteroatoms. The molecule has 5 rings (SSSR count). The number of H-pyrrole nitrogens is 1. The van der Waals surface area contributed by atoms with Gasteiger partial charge in [-0.15, -0.1) is 0 Å². The van der Waals surface area contributed by atoms with Gasteiger partial charge in [0.1, 0.15) is 0 Å². The van der Waals surface area contributed by atoms with Crippen LogP contribution >= 0.6 is 0 Å². The lowest BCUT2D eigenvalue weighted by Gasteiger charge is -2.11. The maximum atomic E-state index is 13.2. The Balaban J connectivity index is 1.33. The number of carbonyl (C=O) groups excluding carboxylic acids is 1. The Morgan fingerprint density at radius 3 is 2.47 bits per heavy atom. The monoisotopic (exact) mass is 527 g/mol. The molecule has 0 aliphatic rings. The molecule has 0 bridgehead atoms. The van der Waals surface area contributed by atoms with Crippen molar-refractivity contribution in [3.63, 3.8) is 0 Å². The normalized spacial score (nSPS) is 11.4. The van der Waals surface area contributed by atoms with E-state index in [2.05, 4.69) is 20.2 Å². The molecule has 0 aliphatic heterocycles. The van der Waals surface area contributed by atoms with Crippen molar-refractivity contribution >= 4 is 38.1 Å². The van der Waals surface area contributed by atoms with E-state index in [9.17, 15) is 18.0 Å². The molecule has 2 heterocycles. The van der Waals surface area contributed by atoms with Crippen LogP contribution in [0.4, 0.5) is 11.4 Å². The Kier molecular flexibility index (Phi) is 6.56. The van der Waals surface area contributed by atoms with Gasteiger partial charge in [-0.1, -0.05) is 18.2 Å². The number of aromatic amines is 1. The molecule has 0 radical (unpaired) electrons. The molecular weight excluding hydrogens is 502 g/mol. The highest BCUT2D eigenvalue weighted by atomic mass is 32.2. The second-order valence-corrected chi connectivity index (χ2v) is 10.8. The summed E-state index contributed by atoms with van der Waals surface area (Å²) in [4.78, 5) is 26.0. The van der Waals surface area contributed by atoms with Crippen LogP contribution in [0.2, 0.25) is 0 Å². The van der Waals surface area contributed by atoms with Gasteiger partial charge in [-0.05, 0) is 78.0 Å². The highest BCUT2D eigenvalue weighted by molar-refractivity contribution is 7.92. The Morgan fingerprint density at radius 2 is 1.76 bits per heavy atom. The van der Waals surface area contributed by atoms with Gasteiger partial charge in [0.2, 0.25) is 10.0 Å². The average molecular weight is 528 g/mol. The summed E-state index contributed by atoms with van der Waals surface area (Å²) < 4.78 is 26.7. The first-order valence-corrected chi connectivity index (χ1v) is 13.7. The molecule has 0 fully saturated rings. The van der Waals surface area contributed by atoms with Crippen molar-refractivity contribution in [2.75, 3.05) is 16.3 Å². The largest absolute Gasteiger partial charge is 0.322 e. The first kappa shape index (κ1) is 25.0. The van der Waals surface area contributed by atoms with Gasteiger partial charge in [-0.2, -0.15) is 5.10 Å². The van der Waals surface area contributed by atoms with Crippen LogP contribution < -0.4 is 15.6 Å². The summed E-state index contributed by atoms with van der Waals surface area (Å²) in [5.41, 5.74) is 4.93. The van der Waals surface area contributed by atoms with Crippen molar-refractivity contribution in [2.24, 2.45) is 0 Å². The number of amides is 1. The fourth-order valence-corrected chi connectivity index (χ4v) is 4.84. The van der Waals surface area contributed by atoms with Gasteiger partial charge in [-0.3, -0.25) is 19.4 Å². The van der Waals surface area contributed by atoms with Crippen molar-refractivity contribution in [1.82, 2.24) is 14.8 Å². The zero-order valence-electron chi connectivity index (χ0n) is 20.7. The molecule has 0 aliphatic carbocycles. The molecule has 0 atom stereocenters. The third kappa shape index (κ3) is 5.50. The third-order valence-electron chi connectivity index (χ3n) is 6.11. The summed E-state index contributed by atoms with van der Waals surface area (Å²) in [6, 6.07) is 21.1. The summed E-state index contributed by atoms with van der Waals surface area (Å²) in [5, 5.41) is 11.3. The van der Waals surface area contributed by atoms with E-state index >= 15 is 0 Å². The zero-order chi connectivity index (χ0) is 26.9. The van der Waals surface area contributed by atoms with Gasteiger partial charge in [0.05, 0.1) is 18.5 Å². The van der Waals surface area contributed by atoms with Crippen LogP contribution in [0.3, 0.4) is 0 Å². The molecule has 9 nitrogen and oxygen atoms in total. The van der Waals surface area contributed by atoms with E-state index in [1.54, 1.807) is 53.2 Å². The minimum atomic E-state index is -3.38. The molecule has 38 heavy (non-hydrogen) atoms. The van der Waals surface area contributed by atoms with Gasteiger partial charge in [0.15, 0.2) is 0 Å². The molecule has 0 unspecified atom stereocenters. The lowest BCUT2D eigenvalue weighted by Crippen LogP contribution is -2.20. The Hall–Kier alpha value is -4.70. The lowest BCUT2D eigenvalue weighted by molar-refractivity contribution is 0.102. The van der Waals surface area contributed by atoms with Crippen LogP contribution in [0.5, 0.6) is 0 Å². The number of nitrogens with zero attached hydrogens (tertiary/aromatic N) is 2. The van der Waals surface area contributed by atoms with E-state index in [0.29, 0.717) is 28.9 Å². The van der Waals surface area contributed by atoms with Gasteiger partial charge in [-0.25, -0.2) is 8.42 Å². The number of aromatic nitrogens is 3. The summed E-state index contributed by atoms with van der Waals surface area (Å²) in [7, 11) is -3.38. The highest BCUT2D eigenvalue weighted by Gasteiger charge is 2.11. The van der Waals surface area contributed by atoms with Crippen molar-refractivity contribution < 1.29 is 13.2 Å². The smallest absolute Gasteiger partial charge is 0.258 e. The number of aryl methyl sites for hydroxylation is 1. The predicted molar refractivity (Wildman–Crippen MR) is 149 cm³/mol. The van der Waals surface area contributed by atoms with Crippen LogP contribution in [0.1, 0.15) is 21.6 Å². The molecule has 3 aromatic carbocycles. The van der Waals surface area contributed by atoms with Gasteiger partial charge in [0.25, 0.3) is 11.5 Å². The van der Waals surface area contributed by atoms with E-state index in [1.807, 2.05) is 43.5 Å². The Morgan fingerprint density at radius 1 is 1.00 bits per heavy atom. The summed E-state index contributed by atoms with van der Waals surface area (Å²) in [5.74, 6) is -0.316. The fourth-order valence-electron chi connectivity index (χ4n) is 4.28. The number of hydrogen-bond acceptors (Lipinski definition) is 5. The highest BCUT2D eigenvalue weighted by Crippen LogP contribution is 2.25. The third-order valence-corrected chi connectivity index (χ3v) is 6.71. The molecule has 1 amide bonds. The molecule has 0 spiro atoms. The van der Waals surface area contributed by atoms with Crippen LogP contribution in [0.25, 0.3) is 21.9 Å². The Labute approximate surface area is 219 Å². The number of benzene rings is 3. The number of carbonyl (C=O) groups is 1. The van der Waals surface area contributed by atoms with E-state index in [4.69, 9.17) is 0 Å². The van der Waals surface area contributed by atoms with Gasteiger partial charge >= 0.3 is 0 Å². The van der Waals surface area contributed by atoms with Crippen molar-refractivity contribution in [2.45, 2.75) is 13.5 Å². The molecule has 0 saturated carbocycles. The second-order valence-electron chi connectivity index (χ2n) is 9.04. The SMILES string of the molecule is Cc1n[nH]cc1-c1ccc2c(=O)n(Cc3cccc(C(=O)Nc4ccc(NS(C)(=O)=O)cc4)c3)ccc2c1. The average Bonchev–Trinajstić information content (AvgIpc) is 3.32. The second kappa shape index (κ2) is 9.98. The minimum absolute atomic E-state index is 0.115. The number of anilines is 2. The molecule has 3 N–H and O–H groups in total. The van der Waals surface area contributed by atoms with E-state index in [-0.39, 0.29) is 11.5 Å². The molecule has 5 aromatic rings. The van der Waals surface area contributed by atoms with Gasteiger partial charge in [0, 0.05) is 40.3 Å². The van der Waals surface area contributed by atoms with E-state index in [1.165, 1.54) is 0 Å². The van der Waals surface area contributed by atoms with E-state index < -0.39 is 10.0 Å². The maximum absolute atomic E-state index is 13.2.